The van der Waals surface area contributed by atoms with Crippen molar-refractivity contribution in [3.63, 3.8) is 0 Å². The highest BCUT2D eigenvalue weighted by atomic mass is 19.1. The molecule has 0 aliphatic carbocycles. The summed E-state index contributed by atoms with van der Waals surface area (Å²) in [5.74, 6) is -0.113. The van der Waals surface area contributed by atoms with Gasteiger partial charge in [0.2, 0.25) is 0 Å². The Kier molecular flexibility index (Phi) is 4.29. The second kappa shape index (κ2) is 5.94. The average Bonchev–Trinajstić information content (AvgIpc) is 2.38. The minimum absolute atomic E-state index is 0.113. The van der Waals surface area contributed by atoms with E-state index < -0.39 is 0 Å². The number of nitrogens with zero attached hydrogens (tertiary/aromatic N) is 1. The van der Waals surface area contributed by atoms with Crippen molar-refractivity contribution < 1.29 is 4.39 Å². The van der Waals surface area contributed by atoms with Crippen LogP contribution in [0.5, 0.6) is 0 Å². The number of hydrogen-bond donors (Lipinski definition) is 1. The van der Waals surface area contributed by atoms with Gasteiger partial charge >= 0.3 is 0 Å². The second-order valence-corrected chi connectivity index (χ2v) is 4.35. The molecule has 2 nitrogen and oxygen atoms in total. The molecule has 2 rings (SSSR count). The van der Waals surface area contributed by atoms with Crippen molar-refractivity contribution in [2.24, 2.45) is 0 Å². The highest BCUT2D eigenvalue weighted by Crippen LogP contribution is 2.26. The molecule has 1 N–H and O–H groups in total. The van der Waals surface area contributed by atoms with Gasteiger partial charge in [0.05, 0.1) is 0 Å². The standard InChI is InChI=1S/C14H19FN2/c1-2-5-14(17-10-8-16-9-11-17)12-6-3-4-7-13(12)15/h2-4,6-7,14,16H,1,5,8-11H2/t14-/m1/s1. The van der Waals surface area contributed by atoms with Gasteiger partial charge in [-0.15, -0.1) is 6.58 Å². The van der Waals surface area contributed by atoms with E-state index in [1.54, 1.807) is 6.07 Å². The van der Waals surface area contributed by atoms with Gasteiger partial charge < -0.3 is 5.32 Å². The van der Waals surface area contributed by atoms with Gasteiger partial charge in [-0.05, 0) is 12.5 Å². The third-order valence-electron chi connectivity index (χ3n) is 3.25. The van der Waals surface area contributed by atoms with Crippen LogP contribution >= 0.6 is 0 Å². The normalized spacial score (nSPS) is 18.9. The topological polar surface area (TPSA) is 15.3 Å². The molecule has 1 aromatic carbocycles. The maximum atomic E-state index is 13.8. The molecule has 1 aliphatic rings. The Labute approximate surface area is 102 Å². The van der Waals surface area contributed by atoms with Gasteiger partial charge in [0.1, 0.15) is 5.82 Å². The number of nitrogens with one attached hydrogen (secondary N) is 1. The number of rotatable bonds is 4. The number of benzene rings is 1. The first-order valence-electron chi connectivity index (χ1n) is 6.13. The smallest absolute Gasteiger partial charge is 0.127 e. The van der Waals surface area contributed by atoms with Gasteiger partial charge in [-0.1, -0.05) is 24.3 Å². The number of hydrogen-bond acceptors (Lipinski definition) is 2. The van der Waals surface area contributed by atoms with Gasteiger partial charge in [-0.3, -0.25) is 4.90 Å². The SMILES string of the molecule is C=CC[C@H](c1ccccc1F)N1CCNCC1. The lowest BCUT2D eigenvalue weighted by Crippen LogP contribution is -2.45. The van der Waals surface area contributed by atoms with Crippen molar-refractivity contribution in [3.8, 4) is 0 Å². The molecule has 0 radical (unpaired) electrons. The fourth-order valence-electron chi connectivity index (χ4n) is 2.37. The maximum Gasteiger partial charge on any atom is 0.127 e. The lowest BCUT2D eigenvalue weighted by atomic mass is 10.0. The number of piperazine rings is 1. The van der Waals surface area contributed by atoms with E-state index >= 15 is 0 Å². The third kappa shape index (κ3) is 2.93. The molecular weight excluding hydrogens is 215 g/mol. The van der Waals surface area contributed by atoms with Crippen LogP contribution in [0.4, 0.5) is 4.39 Å². The maximum absolute atomic E-state index is 13.8. The largest absolute Gasteiger partial charge is 0.314 e. The first-order valence-corrected chi connectivity index (χ1v) is 6.13. The third-order valence-corrected chi connectivity index (χ3v) is 3.25. The van der Waals surface area contributed by atoms with Gasteiger partial charge in [0, 0.05) is 37.8 Å². The minimum atomic E-state index is -0.113. The molecule has 3 heteroatoms. The van der Waals surface area contributed by atoms with Crippen LogP contribution in [0.2, 0.25) is 0 Å². The monoisotopic (exact) mass is 234 g/mol. The Hall–Kier alpha value is -1.19. The molecule has 1 fully saturated rings. The Bertz CT molecular complexity index is 372. The van der Waals surface area contributed by atoms with E-state index in [0.717, 1.165) is 38.2 Å². The molecule has 0 saturated carbocycles. The zero-order valence-electron chi connectivity index (χ0n) is 10.0. The summed E-state index contributed by atoms with van der Waals surface area (Å²) in [4.78, 5) is 2.33. The van der Waals surface area contributed by atoms with Crippen LogP contribution < -0.4 is 5.32 Å². The first kappa shape index (κ1) is 12.3. The molecule has 0 unspecified atom stereocenters. The summed E-state index contributed by atoms with van der Waals surface area (Å²) < 4.78 is 13.8. The summed E-state index contributed by atoms with van der Waals surface area (Å²) in [6.07, 6.45) is 2.67. The van der Waals surface area contributed by atoms with Crippen molar-refractivity contribution in [2.75, 3.05) is 26.2 Å². The summed E-state index contributed by atoms with van der Waals surface area (Å²) in [5.41, 5.74) is 0.786. The lowest BCUT2D eigenvalue weighted by molar-refractivity contribution is 0.171. The molecule has 0 amide bonds. The van der Waals surface area contributed by atoms with Crippen LogP contribution in [0.25, 0.3) is 0 Å². The molecule has 1 saturated heterocycles. The van der Waals surface area contributed by atoms with Crippen molar-refractivity contribution in [1.82, 2.24) is 10.2 Å². The van der Waals surface area contributed by atoms with Crippen LogP contribution in [-0.4, -0.2) is 31.1 Å². The highest BCUT2D eigenvalue weighted by Gasteiger charge is 2.22. The fraction of sp³-hybridized carbons (Fsp3) is 0.429. The summed E-state index contributed by atoms with van der Waals surface area (Å²) in [6.45, 7) is 7.66. The summed E-state index contributed by atoms with van der Waals surface area (Å²) in [6, 6.07) is 7.17. The van der Waals surface area contributed by atoms with Crippen molar-refractivity contribution in [3.05, 3.63) is 48.3 Å². The predicted molar refractivity (Wildman–Crippen MR) is 68.4 cm³/mol. The van der Waals surface area contributed by atoms with Crippen LogP contribution in [0, 0.1) is 5.82 Å². The molecule has 1 aromatic rings. The molecule has 0 bridgehead atoms. The molecule has 0 spiro atoms. The Balaban J connectivity index is 2.21. The molecule has 0 aromatic heterocycles. The van der Waals surface area contributed by atoms with Crippen LogP contribution in [0.15, 0.2) is 36.9 Å². The van der Waals surface area contributed by atoms with Crippen molar-refractivity contribution >= 4 is 0 Å². The zero-order valence-corrected chi connectivity index (χ0v) is 10.0. The van der Waals surface area contributed by atoms with Gasteiger partial charge in [-0.25, -0.2) is 4.39 Å². The highest BCUT2D eigenvalue weighted by molar-refractivity contribution is 5.22. The average molecular weight is 234 g/mol. The van der Waals surface area contributed by atoms with E-state index in [9.17, 15) is 4.39 Å². The lowest BCUT2D eigenvalue weighted by Gasteiger charge is -2.34. The van der Waals surface area contributed by atoms with E-state index in [2.05, 4.69) is 16.8 Å². The number of halogens is 1. The Morgan fingerprint density at radius 1 is 1.35 bits per heavy atom. The summed E-state index contributed by atoms with van der Waals surface area (Å²) >= 11 is 0. The van der Waals surface area contributed by atoms with E-state index in [4.69, 9.17) is 0 Å². The van der Waals surface area contributed by atoms with E-state index in [1.165, 1.54) is 6.07 Å². The molecule has 1 heterocycles. The fourth-order valence-corrected chi connectivity index (χ4v) is 2.37. The van der Waals surface area contributed by atoms with E-state index in [1.807, 2.05) is 18.2 Å². The molecular formula is C14H19FN2. The molecule has 1 atom stereocenters. The zero-order chi connectivity index (χ0) is 12.1. The van der Waals surface area contributed by atoms with Gasteiger partial charge in [0.15, 0.2) is 0 Å². The van der Waals surface area contributed by atoms with Crippen LogP contribution in [-0.2, 0) is 0 Å². The van der Waals surface area contributed by atoms with Crippen molar-refractivity contribution in [2.45, 2.75) is 12.5 Å². The Morgan fingerprint density at radius 2 is 2.06 bits per heavy atom. The van der Waals surface area contributed by atoms with Crippen LogP contribution in [0.3, 0.4) is 0 Å². The minimum Gasteiger partial charge on any atom is -0.314 e. The summed E-state index contributed by atoms with van der Waals surface area (Å²) in [7, 11) is 0. The Morgan fingerprint density at radius 3 is 2.71 bits per heavy atom. The predicted octanol–water partition coefficient (Wildman–Crippen LogP) is 2.35. The van der Waals surface area contributed by atoms with Gasteiger partial charge in [0.25, 0.3) is 0 Å². The second-order valence-electron chi connectivity index (χ2n) is 4.35. The molecule has 92 valence electrons. The summed E-state index contributed by atoms with van der Waals surface area (Å²) in [5, 5.41) is 3.32. The first-order chi connectivity index (χ1) is 8.33. The van der Waals surface area contributed by atoms with Gasteiger partial charge in [-0.2, -0.15) is 0 Å². The molecule has 17 heavy (non-hydrogen) atoms. The van der Waals surface area contributed by atoms with E-state index in [0.29, 0.717) is 0 Å². The van der Waals surface area contributed by atoms with Crippen LogP contribution in [0.1, 0.15) is 18.0 Å². The molecule has 1 aliphatic heterocycles. The quantitative estimate of drug-likeness (QED) is 0.804. The van der Waals surface area contributed by atoms with Crippen molar-refractivity contribution in [1.29, 1.82) is 0 Å². The van der Waals surface area contributed by atoms with E-state index in [-0.39, 0.29) is 11.9 Å².